The van der Waals surface area contributed by atoms with Crippen molar-refractivity contribution in [2.24, 2.45) is 5.92 Å². The molecule has 2 bridgehead atoms. The predicted octanol–water partition coefficient (Wildman–Crippen LogP) is 4.89. The first-order chi connectivity index (χ1) is 18.5. The second-order valence-corrected chi connectivity index (χ2v) is 10.3. The van der Waals surface area contributed by atoms with Crippen LogP contribution in [0, 0.1) is 5.92 Å². The van der Waals surface area contributed by atoms with Gasteiger partial charge in [-0.25, -0.2) is 4.79 Å². The van der Waals surface area contributed by atoms with E-state index in [4.69, 9.17) is 14.2 Å². The van der Waals surface area contributed by atoms with Gasteiger partial charge in [0.05, 0.1) is 32.9 Å². The zero-order valence-corrected chi connectivity index (χ0v) is 22.0. The van der Waals surface area contributed by atoms with Crippen LogP contribution in [0.4, 0.5) is 5.69 Å². The van der Waals surface area contributed by atoms with Gasteiger partial charge < -0.3 is 24.0 Å². The summed E-state index contributed by atoms with van der Waals surface area (Å²) < 4.78 is 17.7. The van der Waals surface area contributed by atoms with Crippen LogP contribution in [-0.4, -0.2) is 62.7 Å². The number of hydrogen-bond acceptors (Lipinski definition) is 6. The molecule has 198 valence electrons. The van der Waals surface area contributed by atoms with Gasteiger partial charge in [0, 0.05) is 24.4 Å². The van der Waals surface area contributed by atoms with Crippen molar-refractivity contribution in [3.8, 4) is 11.5 Å². The van der Waals surface area contributed by atoms with Crippen LogP contribution in [0.15, 0.2) is 78.9 Å². The van der Waals surface area contributed by atoms with Crippen LogP contribution in [-0.2, 0) is 9.53 Å². The summed E-state index contributed by atoms with van der Waals surface area (Å²) in [6, 6.07) is 24.0. The van der Waals surface area contributed by atoms with Crippen LogP contribution < -0.4 is 14.8 Å². The lowest BCUT2D eigenvalue weighted by Gasteiger charge is -2.51. The van der Waals surface area contributed by atoms with Gasteiger partial charge in [-0.15, -0.1) is 0 Å². The third-order valence-corrected chi connectivity index (χ3v) is 7.95. The molecule has 7 nitrogen and oxygen atoms in total. The van der Waals surface area contributed by atoms with E-state index in [-0.39, 0.29) is 17.9 Å². The summed E-state index contributed by atoms with van der Waals surface area (Å²) in [4.78, 5) is 27.1. The van der Waals surface area contributed by atoms with Gasteiger partial charge in [0.1, 0.15) is 24.6 Å². The number of para-hydroxylation sites is 1. The minimum Gasteiger partial charge on any atom is -0.497 e. The Balaban J connectivity index is 1.32. The summed E-state index contributed by atoms with van der Waals surface area (Å²) in [5.74, 6) is 1.20. The Hall–Kier alpha value is -3.84. The van der Waals surface area contributed by atoms with Crippen molar-refractivity contribution in [3.05, 3.63) is 90.0 Å². The second kappa shape index (κ2) is 11.3. The van der Waals surface area contributed by atoms with Crippen LogP contribution in [0.5, 0.6) is 11.5 Å². The number of nitrogens with zero attached hydrogens (tertiary/aromatic N) is 1. The Morgan fingerprint density at radius 3 is 2.26 bits per heavy atom. The Kier molecular flexibility index (Phi) is 7.65. The lowest BCUT2D eigenvalue weighted by atomic mass is 9.82. The topological polar surface area (TPSA) is 73.9 Å². The number of quaternary nitrogens is 1. The fraction of sp³-hybridized carbons (Fsp3) is 0.355. The molecule has 3 aromatic rings. The quantitative estimate of drug-likeness (QED) is 0.235. The van der Waals surface area contributed by atoms with Crippen molar-refractivity contribution in [2.75, 3.05) is 45.7 Å². The van der Waals surface area contributed by atoms with E-state index in [1.54, 1.807) is 32.4 Å². The van der Waals surface area contributed by atoms with Crippen molar-refractivity contribution in [3.63, 3.8) is 0 Å². The fourth-order valence-electron chi connectivity index (χ4n) is 5.84. The van der Waals surface area contributed by atoms with Crippen LogP contribution >= 0.6 is 0 Å². The summed E-state index contributed by atoms with van der Waals surface area (Å²) in [6.07, 6.45) is 1.64. The normalized spacial score (nSPS) is 22.8. The zero-order valence-electron chi connectivity index (χ0n) is 22.0. The maximum Gasteiger partial charge on any atom is 0.333 e. The number of piperidine rings is 3. The molecule has 3 heterocycles. The van der Waals surface area contributed by atoms with E-state index in [0.29, 0.717) is 40.6 Å². The summed E-state index contributed by atoms with van der Waals surface area (Å²) in [5, 5.41) is 3.36. The maximum atomic E-state index is 13.6. The molecular weight excluding hydrogens is 480 g/mol. The standard InChI is InChI=1S/C31H35N2O5/c1-36-25-13-14-28(37-2)26(19-25)27(34)20-33-17-15-22(16-18-33)29(21-33)38-31(35)30(23-9-5-3-6-10-23)32-24-11-7-4-8-12-24/h3-14,19,22,29-30,32H,15-18,20-21H2,1-2H3/q+1. The molecule has 0 aromatic heterocycles. The molecule has 1 N–H and O–H groups in total. The molecule has 0 saturated carbocycles. The van der Waals surface area contributed by atoms with Crippen molar-refractivity contribution < 1.29 is 28.3 Å². The molecule has 3 fully saturated rings. The number of anilines is 1. The Bertz CT molecular complexity index is 1260. The molecule has 2 unspecified atom stereocenters. The molecule has 3 aliphatic heterocycles. The van der Waals surface area contributed by atoms with Gasteiger partial charge in [-0.05, 0) is 35.9 Å². The number of esters is 1. The van der Waals surface area contributed by atoms with Crippen LogP contribution in [0.2, 0.25) is 0 Å². The molecule has 2 atom stereocenters. The number of methoxy groups -OCH3 is 2. The number of Topliss-reactive ketones (excluding diaryl/α,β-unsaturated/α-hetero) is 1. The zero-order chi connectivity index (χ0) is 26.5. The second-order valence-electron chi connectivity index (χ2n) is 10.3. The van der Waals surface area contributed by atoms with Gasteiger partial charge in [0.15, 0.2) is 12.1 Å². The average molecular weight is 516 g/mol. The molecule has 3 aromatic carbocycles. The van der Waals surface area contributed by atoms with E-state index >= 15 is 0 Å². The van der Waals surface area contributed by atoms with Crippen LogP contribution in [0.25, 0.3) is 0 Å². The molecule has 0 radical (unpaired) electrons. The third kappa shape index (κ3) is 5.53. The maximum absolute atomic E-state index is 13.6. The first kappa shape index (κ1) is 25.8. The highest BCUT2D eigenvalue weighted by Crippen LogP contribution is 2.37. The Morgan fingerprint density at radius 2 is 1.61 bits per heavy atom. The van der Waals surface area contributed by atoms with E-state index in [2.05, 4.69) is 5.32 Å². The predicted molar refractivity (Wildman–Crippen MR) is 145 cm³/mol. The number of benzene rings is 3. The number of rotatable bonds is 10. The van der Waals surface area contributed by atoms with Crippen molar-refractivity contribution in [2.45, 2.75) is 25.0 Å². The van der Waals surface area contributed by atoms with Crippen molar-refractivity contribution in [1.82, 2.24) is 0 Å². The van der Waals surface area contributed by atoms with Crippen molar-refractivity contribution in [1.29, 1.82) is 0 Å². The lowest BCUT2D eigenvalue weighted by molar-refractivity contribution is -0.938. The largest absolute Gasteiger partial charge is 0.497 e. The highest BCUT2D eigenvalue weighted by molar-refractivity contribution is 6.00. The Morgan fingerprint density at radius 1 is 0.921 bits per heavy atom. The van der Waals surface area contributed by atoms with Gasteiger partial charge in [-0.1, -0.05) is 48.5 Å². The third-order valence-electron chi connectivity index (χ3n) is 7.95. The van der Waals surface area contributed by atoms with Gasteiger partial charge in [-0.3, -0.25) is 4.79 Å². The first-order valence-electron chi connectivity index (χ1n) is 13.2. The summed E-state index contributed by atoms with van der Waals surface area (Å²) in [7, 11) is 3.15. The first-order valence-corrected chi connectivity index (χ1v) is 13.2. The number of ether oxygens (including phenoxy) is 3. The lowest BCUT2D eigenvalue weighted by Crippen LogP contribution is -2.65. The molecule has 0 aliphatic carbocycles. The van der Waals surface area contributed by atoms with E-state index in [1.165, 1.54) is 0 Å². The summed E-state index contributed by atoms with van der Waals surface area (Å²) >= 11 is 0. The Labute approximate surface area is 223 Å². The molecule has 0 amide bonds. The number of fused-ring (bicyclic) bond motifs is 3. The van der Waals surface area contributed by atoms with Gasteiger partial charge in [0.2, 0.25) is 5.78 Å². The molecule has 0 spiro atoms. The minimum atomic E-state index is -0.620. The number of carbonyl (C=O) groups excluding carboxylic acids is 2. The highest BCUT2D eigenvalue weighted by Gasteiger charge is 2.49. The molecule has 3 aliphatic rings. The van der Waals surface area contributed by atoms with E-state index in [1.807, 2.05) is 60.7 Å². The summed E-state index contributed by atoms with van der Waals surface area (Å²) in [6.45, 7) is 2.79. The molecule has 6 rings (SSSR count). The monoisotopic (exact) mass is 515 g/mol. The molecule has 7 heteroatoms. The number of ketones is 1. The van der Waals surface area contributed by atoms with Gasteiger partial charge >= 0.3 is 5.97 Å². The molecular formula is C31H35N2O5+. The smallest absolute Gasteiger partial charge is 0.333 e. The number of hydrogen-bond donors (Lipinski definition) is 1. The SMILES string of the molecule is COc1ccc(OC)c(C(=O)C[N+]23CCC(CC2)C(OC(=O)C(Nc2ccccc2)c2ccccc2)C3)c1. The van der Waals surface area contributed by atoms with E-state index in [0.717, 1.165) is 37.2 Å². The van der Waals surface area contributed by atoms with Crippen molar-refractivity contribution >= 4 is 17.4 Å². The number of nitrogens with one attached hydrogen (secondary N) is 1. The minimum absolute atomic E-state index is 0.0130. The van der Waals surface area contributed by atoms with Gasteiger partial charge in [0.25, 0.3) is 0 Å². The van der Waals surface area contributed by atoms with Crippen LogP contribution in [0.3, 0.4) is 0 Å². The fourth-order valence-corrected chi connectivity index (χ4v) is 5.84. The highest BCUT2D eigenvalue weighted by atomic mass is 16.5. The molecule has 3 saturated heterocycles. The number of carbonyl (C=O) groups is 2. The molecule has 38 heavy (non-hydrogen) atoms. The van der Waals surface area contributed by atoms with Crippen LogP contribution in [0.1, 0.15) is 34.8 Å². The van der Waals surface area contributed by atoms with E-state index < -0.39 is 6.04 Å². The van der Waals surface area contributed by atoms with E-state index in [9.17, 15) is 9.59 Å². The average Bonchev–Trinajstić information content (AvgIpc) is 2.96. The van der Waals surface area contributed by atoms with Gasteiger partial charge in [-0.2, -0.15) is 0 Å². The summed E-state index contributed by atoms with van der Waals surface area (Å²) in [5.41, 5.74) is 2.23.